The number of furan rings is 1. The van der Waals surface area contributed by atoms with E-state index in [4.69, 9.17) is 4.42 Å². The van der Waals surface area contributed by atoms with Crippen molar-refractivity contribution in [2.45, 2.75) is 26.3 Å². The molecule has 0 aliphatic carbocycles. The molecule has 0 aliphatic rings. The minimum absolute atomic E-state index is 0.115. The first-order valence-corrected chi connectivity index (χ1v) is 9.53. The Kier molecular flexibility index (Phi) is 5.56. The van der Waals surface area contributed by atoms with Gasteiger partial charge in [-0.2, -0.15) is 5.10 Å². The molecule has 0 unspecified atom stereocenters. The Bertz CT molecular complexity index is 1160. The van der Waals surface area contributed by atoms with Crippen LogP contribution < -0.4 is 5.32 Å². The van der Waals surface area contributed by atoms with Gasteiger partial charge in [0.1, 0.15) is 12.2 Å². The number of halogens is 2. The average molecular weight is 410 g/mol. The number of rotatable bonds is 7. The van der Waals surface area contributed by atoms with E-state index in [0.717, 1.165) is 5.56 Å². The van der Waals surface area contributed by atoms with Crippen molar-refractivity contribution in [3.8, 4) is 11.5 Å². The third-order valence-corrected chi connectivity index (χ3v) is 4.79. The molecule has 0 radical (unpaired) electrons. The van der Waals surface area contributed by atoms with Crippen LogP contribution in [0.1, 0.15) is 23.2 Å². The fourth-order valence-electron chi connectivity index (χ4n) is 3.40. The number of aryl methyl sites for hydroxylation is 1. The van der Waals surface area contributed by atoms with E-state index in [9.17, 15) is 13.6 Å². The zero-order valence-electron chi connectivity index (χ0n) is 16.3. The van der Waals surface area contributed by atoms with Gasteiger partial charge in [-0.1, -0.05) is 30.3 Å². The number of amides is 1. The van der Waals surface area contributed by atoms with Crippen molar-refractivity contribution in [3.63, 3.8) is 0 Å². The highest BCUT2D eigenvalue weighted by Crippen LogP contribution is 2.33. The third-order valence-electron chi connectivity index (χ3n) is 4.79. The fraction of sp³-hybridized carbons (Fsp3) is 0.227. The van der Waals surface area contributed by atoms with Gasteiger partial charge in [0.2, 0.25) is 5.91 Å². The molecule has 1 aromatic carbocycles. The minimum atomic E-state index is -2.71. The Balaban J connectivity index is 1.58. The van der Waals surface area contributed by atoms with Crippen LogP contribution in [0.2, 0.25) is 0 Å². The maximum atomic E-state index is 13.7. The van der Waals surface area contributed by atoms with Gasteiger partial charge in [0, 0.05) is 12.1 Å². The van der Waals surface area contributed by atoms with Crippen molar-refractivity contribution in [2.24, 2.45) is 0 Å². The van der Waals surface area contributed by atoms with E-state index < -0.39 is 6.43 Å². The molecule has 30 heavy (non-hydrogen) atoms. The second-order valence-electron chi connectivity index (χ2n) is 6.90. The topological polar surface area (TPSA) is 73.0 Å². The van der Waals surface area contributed by atoms with Gasteiger partial charge in [-0.05, 0) is 37.1 Å². The molecule has 4 rings (SSSR count). The summed E-state index contributed by atoms with van der Waals surface area (Å²) in [6.07, 6.45) is -0.561. The Morgan fingerprint density at radius 3 is 2.70 bits per heavy atom. The standard InChI is InChI=1S/C22H20F2N4O2/c1-14-20-16(21(23)24)12-17(18-8-5-11-30-18)26-22(20)28(27-14)13-19(29)25-10-9-15-6-3-2-4-7-15/h2-8,11-12,21H,9-10,13H2,1H3,(H,25,29). The number of fused-ring (bicyclic) bond motifs is 1. The summed E-state index contributed by atoms with van der Waals surface area (Å²) in [5, 5.41) is 7.39. The molecule has 0 atom stereocenters. The summed E-state index contributed by atoms with van der Waals surface area (Å²) < 4.78 is 34.1. The van der Waals surface area contributed by atoms with Gasteiger partial charge in [-0.3, -0.25) is 4.79 Å². The predicted molar refractivity (Wildman–Crippen MR) is 108 cm³/mol. The van der Waals surface area contributed by atoms with E-state index in [1.54, 1.807) is 19.1 Å². The normalized spacial score (nSPS) is 11.3. The summed E-state index contributed by atoms with van der Waals surface area (Å²) >= 11 is 0. The molecule has 1 amide bonds. The number of carbonyl (C=O) groups is 1. The lowest BCUT2D eigenvalue weighted by Crippen LogP contribution is -2.29. The number of alkyl halides is 2. The molecule has 1 N–H and O–H groups in total. The van der Waals surface area contributed by atoms with Crippen LogP contribution in [0.15, 0.2) is 59.2 Å². The zero-order chi connectivity index (χ0) is 21.1. The van der Waals surface area contributed by atoms with Crippen LogP contribution in [-0.4, -0.2) is 27.2 Å². The van der Waals surface area contributed by atoms with Crippen molar-refractivity contribution >= 4 is 16.9 Å². The number of hydrogen-bond acceptors (Lipinski definition) is 4. The van der Waals surface area contributed by atoms with E-state index in [1.165, 1.54) is 17.0 Å². The van der Waals surface area contributed by atoms with E-state index in [1.807, 2.05) is 30.3 Å². The Morgan fingerprint density at radius 1 is 1.20 bits per heavy atom. The summed E-state index contributed by atoms with van der Waals surface area (Å²) in [5.41, 5.74) is 1.84. The van der Waals surface area contributed by atoms with Gasteiger partial charge < -0.3 is 9.73 Å². The summed E-state index contributed by atoms with van der Waals surface area (Å²) in [4.78, 5) is 16.9. The lowest BCUT2D eigenvalue weighted by atomic mass is 10.1. The molecule has 4 aromatic rings. The molecule has 0 saturated carbocycles. The first-order valence-electron chi connectivity index (χ1n) is 9.53. The van der Waals surface area contributed by atoms with Crippen LogP contribution in [0.3, 0.4) is 0 Å². The van der Waals surface area contributed by atoms with Crippen molar-refractivity contribution < 1.29 is 18.0 Å². The highest BCUT2D eigenvalue weighted by Gasteiger charge is 2.22. The molecular formula is C22H20F2N4O2. The highest BCUT2D eigenvalue weighted by molar-refractivity contribution is 5.86. The van der Waals surface area contributed by atoms with E-state index in [2.05, 4.69) is 15.4 Å². The van der Waals surface area contributed by atoms with E-state index in [-0.39, 0.29) is 34.7 Å². The Labute approximate surface area is 171 Å². The predicted octanol–water partition coefficient (Wildman–Crippen LogP) is 4.30. The quantitative estimate of drug-likeness (QED) is 0.493. The third kappa shape index (κ3) is 4.07. The zero-order valence-corrected chi connectivity index (χ0v) is 16.3. The largest absolute Gasteiger partial charge is 0.463 e. The van der Waals surface area contributed by atoms with Crippen LogP contribution in [0, 0.1) is 6.92 Å². The molecule has 0 aliphatic heterocycles. The van der Waals surface area contributed by atoms with Crippen LogP contribution in [-0.2, 0) is 17.8 Å². The maximum Gasteiger partial charge on any atom is 0.264 e. The summed E-state index contributed by atoms with van der Waals surface area (Å²) in [5.74, 6) is 0.107. The molecule has 3 heterocycles. The van der Waals surface area contributed by atoms with E-state index >= 15 is 0 Å². The van der Waals surface area contributed by atoms with Gasteiger partial charge >= 0.3 is 0 Å². The minimum Gasteiger partial charge on any atom is -0.463 e. The number of nitrogens with one attached hydrogen (secondary N) is 1. The van der Waals surface area contributed by atoms with Crippen molar-refractivity contribution in [3.05, 3.63) is 71.6 Å². The number of benzene rings is 1. The van der Waals surface area contributed by atoms with Gasteiger partial charge in [-0.15, -0.1) is 0 Å². The Morgan fingerprint density at radius 2 is 2.00 bits per heavy atom. The van der Waals surface area contributed by atoms with Gasteiger partial charge in [0.05, 0.1) is 17.3 Å². The van der Waals surface area contributed by atoms with Crippen molar-refractivity contribution in [2.75, 3.05) is 6.54 Å². The number of pyridine rings is 1. The number of carbonyl (C=O) groups excluding carboxylic acids is 1. The van der Waals surface area contributed by atoms with Gasteiger partial charge in [-0.25, -0.2) is 18.4 Å². The Hall–Kier alpha value is -3.55. The molecule has 6 nitrogen and oxygen atoms in total. The highest BCUT2D eigenvalue weighted by atomic mass is 19.3. The van der Waals surface area contributed by atoms with E-state index in [0.29, 0.717) is 24.4 Å². The van der Waals surface area contributed by atoms with Crippen LogP contribution in [0.25, 0.3) is 22.5 Å². The number of nitrogens with zero attached hydrogens (tertiary/aromatic N) is 3. The molecule has 0 bridgehead atoms. The molecular weight excluding hydrogens is 390 g/mol. The SMILES string of the molecule is Cc1nn(CC(=O)NCCc2ccccc2)c2nc(-c3ccco3)cc(C(F)F)c12. The second-order valence-corrected chi connectivity index (χ2v) is 6.90. The summed E-state index contributed by atoms with van der Waals surface area (Å²) in [6, 6.07) is 14.4. The van der Waals surface area contributed by atoms with Crippen molar-refractivity contribution in [1.82, 2.24) is 20.1 Å². The number of hydrogen-bond donors (Lipinski definition) is 1. The molecule has 0 saturated heterocycles. The van der Waals surface area contributed by atoms with Gasteiger partial charge in [0.25, 0.3) is 6.43 Å². The second kappa shape index (κ2) is 8.44. The molecule has 3 aromatic heterocycles. The fourth-order valence-corrected chi connectivity index (χ4v) is 3.40. The average Bonchev–Trinajstić information content (AvgIpc) is 3.37. The first-order chi connectivity index (χ1) is 14.5. The van der Waals surface area contributed by atoms with Crippen LogP contribution in [0.5, 0.6) is 0 Å². The summed E-state index contributed by atoms with van der Waals surface area (Å²) in [6.45, 7) is 1.98. The number of aromatic nitrogens is 3. The summed E-state index contributed by atoms with van der Waals surface area (Å²) in [7, 11) is 0. The van der Waals surface area contributed by atoms with Gasteiger partial charge in [0.15, 0.2) is 11.4 Å². The smallest absolute Gasteiger partial charge is 0.264 e. The molecule has 0 fully saturated rings. The lowest BCUT2D eigenvalue weighted by molar-refractivity contribution is -0.121. The maximum absolute atomic E-state index is 13.7. The molecule has 8 heteroatoms. The monoisotopic (exact) mass is 410 g/mol. The first kappa shape index (κ1) is 19.8. The lowest BCUT2D eigenvalue weighted by Gasteiger charge is -2.08. The molecule has 154 valence electrons. The van der Waals surface area contributed by atoms with Crippen LogP contribution >= 0.6 is 0 Å². The molecule has 0 spiro atoms. The van der Waals surface area contributed by atoms with Crippen molar-refractivity contribution in [1.29, 1.82) is 0 Å². The van der Waals surface area contributed by atoms with Crippen LogP contribution in [0.4, 0.5) is 8.78 Å².